The molecule has 2 amide bonds. The highest BCUT2D eigenvalue weighted by Gasteiger charge is 2.84. The van der Waals surface area contributed by atoms with Crippen LogP contribution in [0.5, 0.6) is 0 Å². The first-order chi connectivity index (χ1) is 20.1. The van der Waals surface area contributed by atoms with Gasteiger partial charge < -0.3 is 30.0 Å². The van der Waals surface area contributed by atoms with Gasteiger partial charge in [-0.05, 0) is 104 Å². The Balaban J connectivity index is 1.16. The zero-order chi connectivity index (χ0) is 30.9. The van der Waals surface area contributed by atoms with Crippen LogP contribution in [0.25, 0.3) is 0 Å². The van der Waals surface area contributed by atoms with Crippen molar-refractivity contribution in [1.29, 1.82) is 0 Å². The van der Waals surface area contributed by atoms with Gasteiger partial charge in [0.05, 0.1) is 18.3 Å². The molecule has 13 atom stereocenters. The molecule has 7 rings (SSSR count). The van der Waals surface area contributed by atoms with Crippen molar-refractivity contribution in [1.82, 2.24) is 4.90 Å². The Morgan fingerprint density at radius 1 is 1.00 bits per heavy atom. The highest BCUT2D eigenvalue weighted by molar-refractivity contribution is 5.68. The average molecular weight is 601 g/mol. The molecule has 0 aromatic heterocycles. The zero-order valence-corrected chi connectivity index (χ0v) is 27.6. The van der Waals surface area contributed by atoms with Crippen molar-refractivity contribution in [2.75, 3.05) is 13.1 Å². The topological polar surface area (TPSA) is 111 Å². The Kier molecular flexibility index (Phi) is 6.65. The summed E-state index contributed by atoms with van der Waals surface area (Å²) in [7, 11) is 0. The third-order valence-electron chi connectivity index (χ3n) is 15.4. The number of carbonyl (C=O) groups is 2. The molecule has 2 spiro atoms. The highest BCUT2D eigenvalue weighted by atomic mass is 16.6. The van der Waals surface area contributed by atoms with Gasteiger partial charge in [-0.3, -0.25) is 0 Å². The van der Waals surface area contributed by atoms with Gasteiger partial charge in [0.2, 0.25) is 0 Å². The average Bonchev–Trinajstić information content (AvgIpc) is 3.52. The first-order valence-corrected chi connectivity index (χ1v) is 17.4. The maximum atomic E-state index is 12.8. The van der Waals surface area contributed by atoms with Crippen LogP contribution in [0.4, 0.5) is 9.59 Å². The summed E-state index contributed by atoms with van der Waals surface area (Å²) in [6, 6.07) is 0. The third-order valence-corrected chi connectivity index (χ3v) is 15.4. The number of primary amides is 1. The minimum Gasteiger partial charge on any atom is -0.446 e. The van der Waals surface area contributed by atoms with Crippen molar-refractivity contribution in [3.05, 3.63) is 0 Å². The van der Waals surface area contributed by atoms with Crippen molar-refractivity contribution in [3.8, 4) is 0 Å². The largest absolute Gasteiger partial charge is 0.446 e. The van der Waals surface area contributed by atoms with Crippen molar-refractivity contribution in [3.63, 3.8) is 0 Å². The molecule has 0 aromatic rings. The van der Waals surface area contributed by atoms with Gasteiger partial charge >= 0.3 is 12.2 Å². The Morgan fingerprint density at radius 2 is 1.67 bits per heavy atom. The lowest BCUT2D eigenvalue weighted by Crippen LogP contribution is -2.60. The van der Waals surface area contributed by atoms with Crippen LogP contribution in [0.15, 0.2) is 0 Å². The van der Waals surface area contributed by atoms with E-state index < -0.39 is 18.3 Å². The van der Waals surface area contributed by atoms with E-state index in [4.69, 9.17) is 19.9 Å². The number of aliphatic hydroxyl groups excluding tert-OH is 1. The maximum absolute atomic E-state index is 12.8. The molecule has 0 unspecified atom stereocenters. The van der Waals surface area contributed by atoms with Gasteiger partial charge in [-0.25, -0.2) is 9.59 Å². The molecule has 2 heterocycles. The van der Waals surface area contributed by atoms with Crippen molar-refractivity contribution >= 4 is 12.2 Å². The number of nitrogens with two attached hydrogens (primary N) is 1. The molecule has 242 valence electrons. The fourth-order valence-corrected chi connectivity index (χ4v) is 13.2. The van der Waals surface area contributed by atoms with Crippen molar-refractivity contribution in [2.24, 2.45) is 62.4 Å². The van der Waals surface area contributed by atoms with Crippen LogP contribution in [-0.2, 0) is 14.2 Å². The second-order valence-electron chi connectivity index (χ2n) is 17.4. The molecule has 5 aliphatic carbocycles. The minimum absolute atomic E-state index is 0.0225. The van der Waals surface area contributed by atoms with Gasteiger partial charge in [0.25, 0.3) is 0 Å². The molecule has 2 aliphatic heterocycles. The number of ether oxygens (including phenoxy) is 3. The molecule has 7 fully saturated rings. The highest BCUT2D eigenvalue weighted by Crippen LogP contribution is 2.89. The Labute approximate surface area is 258 Å². The van der Waals surface area contributed by atoms with E-state index in [0.29, 0.717) is 17.8 Å². The molecular formula is C35H56N2O6. The number of fused-ring (bicyclic) bond motifs is 4. The lowest BCUT2D eigenvalue weighted by atomic mass is 9.41. The zero-order valence-electron chi connectivity index (χ0n) is 27.6. The van der Waals surface area contributed by atoms with Crippen LogP contribution in [0, 0.1) is 56.7 Å². The normalized spacial score (nSPS) is 51.5. The molecule has 43 heavy (non-hydrogen) atoms. The minimum atomic E-state index is -0.762. The lowest BCUT2D eigenvalue weighted by Gasteiger charge is -2.63. The van der Waals surface area contributed by atoms with E-state index in [1.165, 1.54) is 12.8 Å². The number of aliphatic hydroxyl groups is 1. The number of rotatable bonds is 4. The standard InChI is InChI=1S/C35H56N2O6/c1-19(2)26(43-29(36)39)21-17-20(3)25-27(41-21)28(38)33(7)23-10-9-22-31(4,5)24(42-30(40)37-15-8-16-37)11-12-34(22)18-35(23,34)14-13-32(25,33)6/h19-28,38H,8-18H2,1-7H3,(H2,36,39)/t20-,21-,22+,23+,24+,25+,26-,27+,28+,32-,33-,34-,35+/m1/s1. The van der Waals surface area contributed by atoms with Gasteiger partial charge in [0, 0.05) is 23.9 Å². The monoisotopic (exact) mass is 600 g/mol. The predicted molar refractivity (Wildman–Crippen MR) is 162 cm³/mol. The molecule has 0 bridgehead atoms. The fraction of sp³-hybridized carbons (Fsp3) is 0.943. The summed E-state index contributed by atoms with van der Waals surface area (Å²) in [6.45, 7) is 17.6. The van der Waals surface area contributed by atoms with E-state index in [9.17, 15) is 14.7 Å². The molecule has 0 aromatic carbocycles. The SMILES string of the molecule is CC(C)[C@@H](OC(N)=O)[C@H]1C[C@@H](C)[C@H]2[C@H](O1)[C@H](O)[C@@]1(C)[C@@H]3CC[C@H]4C(C)(C)[C@@H](OC(=O)N5CCC5)CC[C@@]45C[C@@]35CC[C@]21C. The smallest absolute Gasteiger partial charge is 0.410 e. The van der Waals surface area contributed by atoms with Crippen LogP contribution in [0.1, 0.15) is 106 Å². The van der Waals surface area contributed by atoms with E-state index >= 15 is 0 Å². The van der Waals surface area contributed by atoms with Gasteiger partial charge in [-0.2, -0.15) is 0 Å². The Morgan fingerprint density at radius 3 is 2.30 bits per heavy atom. The molecule has 8 nitrogen and oxygen atoms in total. The molecule has 8 heteroatoms. The summed E-state index contributed by atoms with van der Waals surface area (Å²) in [5, 5.41) is 12.5. The van der Waals surface area contributed by atoms with Gasteiger partial charge in [-0.15, -0.1) is 0 Å². The first kappa shape index (κ1) is 30.1. The molecular weight excluding hydrogens is 544 g/mol. The molecule has 0 radical (unpaired) electrons. The van der Waals surface area contributed by atoms with E-state index in [2.05, 4.69) is 34.6 Å². The molecule has 3 N–H and O–H groups in total. The van der Waals surface area contributed by atoms with Crippen LogP contribution in [-0.4, -0.2) is 65.8 Å². The quantitative estimate of drug-likeness (QED) is 0.402. The van der Waals surface area contributed by atoms with Crippen LogP contribution in [0.3, 0.4) is 0 Å². The number of carbonyl (C=O) groups excluding carboxylic acids is 2. The Hall–Kier alpha value is -1.54. The summed E-state index contributed by atoms with van der Waals surface area (Å²) < 4.78 is 18.7. The number of nitrogens with zero attached hydrogens (tertiary/aromatic N) is 1. The summed E-state index contributed by atoms with van der Waals surface area (Å²) in [6.07, 6.45) is 7.36. The van der Waals surface area contributed by atoms with E-state index in [1.54, 1.807) is 0 Å². The lowest BCUT2D eigenvalue weighted by molar-refractivity contribution is -0.185. The molecule has 2 saturated heterocycles. The summed E-state index contributed by atoms with van der Waals surface area (Å²) in [5.41, 5.74) is 5.67. The van der Waals surface area contributed by atoms with E-state index in [1.807, 2.05) is 18.7 Å². The van der Waals surface area contributed by atoms with Gasteiger partial charge in [0.15, 0.2) is 0 Å². The number of amides is 2. The van der Waals surface area contributed by atoms with E-state index in [-0.39, 0.29) is 63.3 Å². The summed E-state index contributed by atoms with van der Waals surface area (Å²) in [4.78, 5) is 26.5. The number of likely N-dealkylation sites (tertiary alicyclic amines) is 1. The maximum Gasteiger partial charge on any atom is 0.410 e. The summed E-state index contributed by atoms with van der Waals surface area (Å²) in [5.74, 6) is 1.66. The van der Waals surface area contributed by atoms with Crippen molar-refractivity contribution < 1.29 is 28.9 Å². The van der Waals surface area contributed by atoms with Crippen LogP contribution < -0.4 is 5.73 Å². The van der Waals surface area contributed by atoms with Crippen LogP contribution >= 0.6 is 0 Å². The second-order valence-corrected chi connectivity index (χ2v) is 17.4. The summed E-state index contributed by atoms with van der Waals surface area (Å²) >= 11 is 0. The Bertz CT molecular complexity index is 1170. The third kappa shape index (κ3) is 3.74. The van der Waals surface area contributed by atoms with Crippen molar-refractivity contribution in [2.45, 2.75) is 137 Å². The van der Waals surface area contributed by atoms with E-state index in [0.717, 1.165) is 58.0 Å². The fourth-order valence-electron chi connectivity index (χ4n) is 13.2. The predicted octanol–water partition coefficient (Wildman–Crippen LogP) is 6.13. The van der Waals surface area contributed by atoms with Crippen LogP contribution in [0.2, 0.25) is 0 Å². The molecule has 5 saturated carbocycles. The second kappa shape index (κ2) is 9.49. The van der Waals surface area contributed by atoms with Gasteiger partial charge in [-0.1, -0.05) is 48.5 Å². The number of hydrogen-bond donors (Lipinski definition) is 2. The molecule has 7 aliphatic rings. The first-order valence-electron chi connectivity index (χ1n) is 17.4. The van der Waals surface area contributed by atoms with Gasteiger partial charge in [0.1, 0.15) is 12.2 Å². The number of hydrogen-bond acceptors (Lipinski definition) is 6.